The highest BCUT2D eigenvalue weighted by molar-refractivity contribution is 5.57. The van der Waals surface area contributed by atoms with Gasteiger partial charge in [-0.2, -0.15) is 0 Å². The first-order chi connectivity index (χ1) is 6.58. The SMILES string of the molecule is CN1Cc2cc(O)cc(N)c2C(O)C1. The Hall–Kier alpha value is -1.26. The largest absolute Gasteiger partial charge is 0.508 e. The predicted octanol–water partition coefficient (Wildman–Crippen LogP) is 0.453. The van der Waals surface area contributed by atoms with E-state index in [0.717, 1.165) is 11.1 Å². The van der Waals surface area contributed by atoms with Crippen molar-refractivity contribution in [1.29, 1.82) is 0 Å². The molecule has 0 spiro atoms. The summed E-state index contributed by atoms with van der Waals surface area (Å²) >= 11 is 0. The molecule has 2 rings (SSSR count). The Labute approximate surface area is 82.6 Å². The number of β-amino-alcohol motifs (C(OH)–C–C–N with tert-alkyl or cyclic N) is 1. The van der Waals surface area contributed by atoms with E-state index in [-0.39, 0.29) is 5.75 Å². The zero-order valence-electron chi connectivity index (χ0n) is 8.07. The molecule has 0 saturated heterocycles. The van der Waals surface area contributed by atoms with Gasteiger partial charge in [-0.3, -0.25) is 4.90 Å². The fourth-order valence-corrected chi connectivity index (χ4v) is 2.00. The quantitative estimate of drug-likeness (QED) is 0.524. The molecule has 0 bridgehead atoms. The first-order valence-electron chi connectivity index (χ1n) is 4.56. The second kappa shape index (κ2) is 3.15. The molecule has 0 fully saturated rings. The van der Waals surface area contributed by atoms with Crippen molar-refractivity contribution in [3.8, 4) is 5.75 Å². The molecule has 0 radical (unpaired) electrons. The summed E-state index contributed by atoms with van der Waals surface area (Å²) in [5, 5.41) is 19.2. The number of hydrogen-bond acceptors (Lipinski definition) is 4. The van der Waals surface area contributed by atoms with Gasteiger partial charge in [-0.25, -0.2) is 0 Å². The molecule has 4 heteroatoms. The molecule has 0 aromatic heterocycles. The Bertz CT molecular complexity index is 365. The van der Waals surface area contributed by atoms with E-state index in [1.54, 1.807) is 6.07 Å². The zero-order chi connectivity index (χ0) is 10.3. The van der Waals surface area contributed by atoms with Crippen molar-refractivity contribution >= 4 is 5.69 Å². The van der Waals surface area contributed by atoms with Gasteiger partial charge in [0, 0.05) is 30.4 Å². The number of benzene rings is 1. The van der Waals surface area contributed by atoms with Crippen molar-refractivity contribution < 1.29 is 10.2 Å². The van der Waals surface area contributed by atoms with Gasteiger partial charge in [-0.1, -0.05) is 0 Å². The molecule has 1 aromatic rings. The highest BCUT2D eigenvalue weighted by Crippen LogP contribution is 2.33. The molecule has 1 aliphatic heterocycles. The van der Waals surface area contributed by atoms with E-state index in [4.69, 9.17) is 5.73 Å². The fourth-order valence-electron chi connectivity index (χ4n) is 2.00. The van der Waals surface area contributed by atoms with Gasteiger partial charge in [0.2, 0.25) is 0 Å². The summed E-state index contributed by atoms with van der Waals surface area (Å²) in [4.78, 5) is 1.99. The minimum Gasteiger partial charge on any atom is -0.508 e. The van der Waals surface area contributed by atoms with Crippen molar-refractivity contribution in [1.82, 2.24) is 4.90 Å². The van der Waals surface area contributed by atoms with Crippen LogP contribution in [0.5, 0.6) is 5.75 Å². The third kappa shape index (κ3) is 1.42. The molecule has 76 valence electrons. The maximum atomic E-state index is 9.80. The third-order valence-corrected chi connectivity index (χ3v) is 2.54. The van der Waals surface area contributed by atoms with E-state index in [0.29, 0.717) is 18.8 Å². The lowest BCUT2D eigenvalue weighted by Crippen LogP contribution is -2.30. The molecular formula is C10H14N2O2. The Kier molecular flexibility index (Phi) is 2.09. The van der Waals surface area contributed by atoms with E-state index in [2.05, 4.69) is 0 Å². The van der Waals surface area contributed by atoms with Crippen molar-refractivity contribution in [2.75, 3.05) is 19.3 Å². The molecule has 1 heterocycles. The lowest BCUT2D eigenvalue weighted by molar-refractivity contribution is 0.108. The van der Waals surface area contributed by atoms with E-state index >= 15 is 0 Å². The summed E-state index contributed by atoms with van der Waals surface area (Å²) in [6.07, 6.45) is -0.552. The lowest BCUT2D eigenvalue weighted by atomic mass is 9.95. The van der Waals surface area contributed by atoms with Crippen LogP contribution < -0.4 is 5.73 Å². The number of anilines is 1. The van der Waals surface area contributed by atoms with Crippen molar-refractivity contribution in [2.24, 2.45) is 0 Å². The van der Waals surface area contributed by atoms with Gasteiger partial charge < -0.3 is 15.9 Å². The molecular weight excluding hydrogens is 180 g/mol. The minimum absolute atomic E-state index is 0.156. The van der Waals surface area contributed by atoms with Crippen LogP contribution in [0.25, 0.3) is 0 Å². The number of nitrogen functional groups attached to an aromatic ring is 1. The fraction of sp³-hybridized carbons (Fsp3) is 0.400. The third-order valence-electron chi connectivity index (χ3n) is 2.54. The van der Waals surface area contributed by atoms with Gasteiger partial charge in [-0.15, -0.1) is 0 Å². The summed E-state index contributed by atoms with van der Waals surface area (Å²) in [5.74, 6) is 0.156. The normalized spacial score (nSPS) is 22.0. The molecule has 4 N–H and O–H groups in total. The average Bonchev–Trinajstić information content (AvgIpc) is 1.99. The number of aliphatic hydroxyl groups is 1. The zero-order valence-corrected chi connectivity index (χ0v) is 8.07. The van der Waals surface area contributed by atoms with Crippen molar-refractivity contribution in [2.45, 2.75) is 12.6 Å². The number of rotatable bonds is 0. The van der Waals surface area contributed by atoms with Gasteiger partial charge in [0.1, 0.15) is 5.75 Å². The molecule has 1 atom stereocenters. The predicted molar refractivity (Wildman–Crippen MR) is 53.8 cm³/mol. The van der Waals surface area contributed by atoms with Crippen LogP contribution in [0.3, 0.4) is 0 Å². The van der Waals surface area contributed by atoms with Gasteiger partial charge >= 0.3 is 0 Å². The van der Waals surface area contributed by atoms with Crippen LogP contribution in [0.1, 0.15) is 17.2 Å². The molecule has 1 aromatic carbocycles. The number of phenols is 1. The van der Waals surface area contributed by atoms with Crippen LogP contribution in [0.15, 0.2) is 12.1 Å². The summed E-state index contributed by atoms with van der Waals surface area (Å²) in [7, 11) is 1.92. The first-order valence-corrected chi connectivity index (χ1v) is 4.56. The molecule has 14 heavy (non-hydrogen) atoms. The van der Waals surface area contributed by atoms with E-state index < -0.39 is 6.10 Å². The Morgan fingerprint density at radius 2 is 2.21 bits per heavy atom. The average molecular weight is 194 g/mol. The number of nitrogens with zero attached hydrogens (tertiary/aromatic N) is 1. The topological polar surface area (TPSA) is 69.7 Å². The Morgan fingerprint density at radius 1 is 1.50 bits per heavy atom. The summed E-state index contributed by atoms with van der Waals surface area (Å²) < 4.78 is 0. The standard InChI is InChI=1S/C10H14N2O2/c1-12-4-6-2-7(13)3-8(11)10(6)9(14)5-12/h2-3,9,13-14H,4-5,11H2,1H3. The van der Waals surface area contributed by atoms with E-state index in [9.17, 15) is 10.2 Å². The highest BCUT2D eigenvalue weighted by Gasteiger charge is 2.23. The number of hydrogen-bond donors (Lipinski definition) is 3. The van der Waals surface area contributed by atoms with E-state index in [1.165, 1.54) is 6.07 Å². The second-order valence-corrected chi connectivity index (χ2v) is 3.82. The number of fused-ring (bicyclic) bond motifs is 1. The Morgan fingerprint density at radius 3 is 2.93 bits per heavy atom. The monoisotopic (exact) mass is 194 g/mol. The number of aromatic hydroxyl groups is 1. The van der Waals surface area contributed by atoms with Crippen LogP contribution in [0.2, 0.25) is 0 Å². The smallest absolute Gasteiger partial charge is 0.117 e. The molecule has 1 aliphatic rings. The minimum atomic E-state index is -0.552. The molecule has 1 unspecified atom stereocenters. The van der Waals surface area contributed by atoms with Crippen molar-refractivity contribution in [3.05, 3.63) is 23.3 Å². The van der Waals surface area contributed by atoms with Crippen LogP contribution in [-0.4, -0.2) is 28.7 Å². The number of likely N-dealkylation sites (N-methyl/N-ethyl adjacent to an activating group) is 1. The van der Waals surface area contributed by atoms with Crippen LogP contribution in [-0.2, 0) is 6.54 Å². The van der Waals surface area contributed by atoms with E-state index in [1.807, 2.05) is 11.9 Å². The highest BCUT2D eigenvalue weighted by atomic mass is 16.3. The lowest BCUT2D eigenvalue weighted by Gasteiger charge is -2.30. The van der Waals surface area contributed by atoms with Crippen LogP contribution >= 0.6 is 0 Å². The molecule has 0 amide bonds. The molecule has 4 nitrogen and oxygen atoms in total. The number of aliphatic hydroxyl groups excluding tert-OH is 1. The maximum absolute atomic E-state index is 9.80. The van der Waals surface area contributed by atoms with Crippen LogP contribution in [0, 0.1) is 0 Å². The number of phenolic OH excluding ortho intramolecular Hbond substituents is 1. The first kappa shape index (κ1) is 9.30. The summed E-state index contributed by atoms with van der Waals surface area (Å²) in [6, 6.07) is 3.14. The van der Waals surface area contributed by atoms with Gasteiger partial charge in [0.25, 0.3) is 0 Å². The van der Waals surface area contributed by atoms with Crippen molar-refractivity contribution in [3.63, 3.8) is 0 Å². The van der Waals surface area contributed by atoms with Gasteiger partial charge in [-0.05, 0) is 18.7 Å². The van der Waals surface area contributed by atoms with Crippen LogP contribution in [0.4, 0.5) is 5.69 Å². The number of nitrogens with two attached hydrogens (primary N) is 1. The second-order valence-electron chi connectivity index (χ2n) is 3.82. The maximum Gasteiger partial charge on any atom is 0.117 e. The Balaban J connectivity index is 2.53. The molecule has 0 aliphatic carbocycles. The summed E-state index contributed by atoms with van der Waals surface area (Å²) in [6.45, 7) is 1.30. The van der Waals surface area contributed by atoms with Gasteiger partial charge in [0.15, 0.2) is 0 Å². The molecule has 0 saturated carbocycles. The summed E-state index contributed by atoms with van der Waals surface area (Å²) in [5.41, 5.74) is 7.88. The van der Waals surface area contributed by atoms with Gasteiger partial charge in [0.05, 0.1) is 6.10 Å².